The van der Waals surface area contributed by atoms with Crippen molar-refractivity contribution in [2.24, 2.45) is 5.92 Å². The predicted octanol–water partition coefficient (Wildman–Crippen LogP) is 7.03. The summed E-state index contributed by atoms with van der Waals surface area (Å²) in [4.78, 5) is 0. The smallest absolute Gasteiger partial charge is 0.188 e. The number of thioether (sulfide) groups is 1. The highest BCUT2D eigenvalue weighted by Crippen LogP contribution is 2.43. The van der Waals surface area contributed by atoms with Gasteiger partial charge < -0.3 is 0 Å². The lowest BCUT2D eigenvalue weighted by atomic mass is 9.48. The third-order valence-corrected chi connectivity index (χ3v) is 5.37. The molecule has 0 spiro atoms. The van der Waals surface area contributed by atoms with E-state index in [2.05, 4.69) is 56.6 Å². The highest BCUT2D eigenvalue weighted by molar-refractivity contribution is 9.12. The Labute approximate surface area is 139 Å². The van der Waals surface area contributed by atoms with Gasteiger partial charge in [0.25, 0.3) is 6.13 Å². The maximum absolute atomic E-state index is 6.52. The molecule has 0 aromatic rings. The van der Waals surface area contributed by atoms with Crippen LogP contribution in [0.15, 0.2) is 10.5 Å². The Kier molecular flexibility index (Phi) is 14.8. The van der Waals surface area contributed by atoms with Gasteiger partial charge >= 0.3 is 0 Å². The van der Waals surface area contributed by atoms with Crippen LogP contribution in [0.2, 0.25) is 5.31 Å². The highest BCUT2D eigenvalue weighted by atomic mass is 79.9. The van der Waals surface area contributed by atoms with Crippen LogP contribution < -0.4 is 0 Å². The summed E-state index contributed by atoms with van der Waals surface area (Å²) >= 11 is 11.9. The van der Waals surface area contributed by atoms with E-state index in [0.29, 0.717) is 5.92 Å². The largest absolute Gasteiger partial charge is 0.295 e. The number of rotatable bonds is 7. The molecule has 114 valence electrons. The molecule has 0 atom stereocenters. The summed E-state index contributed by atoms with van der Waals surface area (Å²) in [7, 11) is 0. The molecule has 0 saturated carbocycles. The monoisotopic (exact) mass is 368 g/mol. The van der Waals surface area contributed by atoms with Crippen LogP contribution in [0.4, 0.5) is 0 Å². The van der Waals surface area contributed by atoms with Crippen LogP contribution in [-0.4, -0.2) is 18.6 Å². The van der Waals surface area contributed by atoms with E-state index in [0.717, 1.165) is 10.8 Å². The molecule has 0 amide bonds. The average Bonchev–Trinajstić information content (AvgIpc) is 2.34. The first-order chi connectivity index (χ1) is 8.75. The van der Waals surface area contributed by atoms with Crippen molar-refractivity contribution in [1.29, 1.82) is 0 Å². The van der Waals surface area contributed by atoms with Gasteiger partial charge in [0.05, 0.1) is 0 Å². The third-order valence-electron chi connectivity index (χ3n) is 3.53. The van der Waals surface area contributed by atoms with Gasteiger partial charge in [-0.25, -0.2) is 0 Å². The maximum Gasteiger partial charge on any atom is 0.295 e. The standard InChI is InChI=1S/C13H25BBrCl.C2H6S/c1-6-7-8-9-10-12(15)14(16)13(4,5)11(2)3;1-3-2/h10-11H,6-9H2,1-5H3;1-2H3/b12-10-;. The van der Waals surface area contributed by atoms with Crippen LogP contribution in [-0.2, 0) is 0 Å². The van der Waals surface area contributed by atoms with Crippen molar-refractivity contribution in [2.45, 2.75) is 65.6 Å². The molecule has 0 aromatic carbocycles. The molecule has 0 nitrogen and oxygen atoms in total. The first kappa shape index (κ1) is 22.2. The number of hydrogen-bond acceptors (Lipinski definition) is 1. The van der Waals surface area contributed by atoms with Gasteiger partial charge in [-0.15, -0.1) is 0 Å². The SMILES string of the molecule is CCCCC/C=C(\Br)B(Cl)C(C)(C)C(C)C.CSC. The second kappa shape index (κ2) is 12.6. The molecular weight excluding hydrogens is 338 g/mol. The van der Waals surface area contributed by atoms with E-state index in [1.165, 1.54) is 19.3 Å². The first-order valence-electron chi connectivity index (χ1n) is 7.15. The molecule has 0 fully saturated rings. The zero-order chi connectivity index (χ0) is 15.5. The molecular formula is C15H31BBrClS. The van der Waals surface area contributed by atoms with Crippen molar-refractivity contribution >= 4 is 45.3 Å². The minimum absolute atomic E-state index is 0.0779. The fraction of sp³-hybridized carbons (Fsp3) is 0.867. The van der Waals surface area contributed by atoms with Gasteiger partial charge in [0.2, 0.25) is 0 Å². The van der Waals surface area contributed by atoms with Gasteiger partial charge in [-0.2, -0.15) is 23.2 Å². The zero-order valence-corrected chi connectivity index (χ0v) is 16.9. The van der Waals surface area contributed by atoms with Gasteiger partial charge in [-0.3, -0.25) is 0 Å². The van der Waals surface area contributed by atoms with E-state index in [9.17, 15) is 0 Å². The van der Waals surface area contributed by atoms with Crippen molar-refractivity contribution < 1.29 is 0 Å². The predicted molar refractivity (Wildman–Crippen MR) is 101 cm³/mol. The summed E-state index contributed by atoms with van der Waals surface area (Å²) in [6.07, 6.45) is 11.4. The zero-order valence-electron chi connectivity index (χ0n) is 13.7. The quantitative estimate of drug-likeness (QED) is 0.343. The van der Waals surface area contributed by atoms with Crippen LogP contribution in [0.3, 0.4) is 0 Å². The third kappa shape index (κ3) is 10.3. The second-order valence-electron chi connectivity index (χ2n) is 5.83. The van der Waals surface area contributed by atoms with Crippen molar-refractivity contribution in [2.75, 3.05) is 12.5 Å². The van der Waals surface area contributed by atoms with Crippen LogP contribution in [0.5, 0.6) is 0 Å². The van der Waals surface area contributed by atoms with Crippen LogP contribution in [0, 0.1) is 5.92 Å². The lowest BCUT2D eigenvalue weighted by Gasteiger charge is -2.31. The molecule has 0 saturated heterocycles. The van der Waals surface area contributed by atoms with E-state index in [-0.39, 0.29) is 11.4 Å². The van der Waals surface area contributed by atoms with Gasteiger partial charge in [0.15, 0.2) is 0 Å². The number of allylic oxidation sites excluding steroid dienone is 1. The molecule has 0 aliphatic carbocycles. The number of hydrogen-bond donors (Lipinski definition) is 0. The Bertz CT molecular complexity index is 242. The maximum atomic E-state index is 6.52. The van der Waals surface area contributed by atoms with E-state index in [1.54, 1.807) is 11.8 Å². The van der Waals surface area contributed by atoms with E-state index in [1.807, 2.05) is 12.5 Å². The number of unbranched alkanes of at least 4 members (excludes halogenated alkanes) is 3. The molecule has 0 aromatic heterocycles. The summed E-state index contributed by atoms with van der Waals surface area (Å²) in [5.74, 6) is 0.576. The Hall–Kier alpha value is 0.925. The summed E-state index contributed by atoms with van der Waals surface area (Å²) in [6, 6.07) is 0. The Morgan fingerprint density at radius 3 is 2.16 bits per heavy atom. The van der Waals surface area contributed by atoms with Gasteiger partial charge in [-0.05, 0) is 41.0 Å². The Morgan fingerprint density at radius 2 is 1.79 bits per heavy atom. The van der Waals surface area contributed by atoms with E-state index < -0.39 is 0 Å². The molecule has 0 radical (unpaired) electrons. The summed E-state index contributed by atoms with van der Waals surface area (Å²) in [6.45, 7) is 11.2. The van der Waals surface area contributed by atoms with Crippen molar-refractivity contribution in [1.82, 2.24) is 0 Å². The van der Waals surface area contributed by atoms with E-state index >= 15 is 0 Å². The van der Waals surface area contributed by atoms with Crippen LogP contribution in [0.25, 0.3) is 0 Å². The average molecular weight is 370 g/mol. The highest BCUT2D eigenvalue weighted by Gasteiger charge is 2.36. The molecule has 0 aliphatic heterocycles. The van der Waals surface area contributed by atoms with Crippen LogP contribution >= 0.6 is 39.2 Å². The topological polar surface area (TPSA) is 0 Å². The van der Waals surface area contributed by atoms with Gasteiger partial charge in [0, 0.05) is 0 Å². The fourth-order valence-electron chi connectivity index (χ4n) is 1.39. The Balaban J connectivity index is 0. The second-order valence-corrected chi connectivity index (χ2v) is 8.00. The van der Waals surface area contributed by atoms with Crippen molar-refractivity contribution in [3.05, 3.63) is 10.5 Å². The molecule has 0 rings (SSSR count). The Morgan fingerprint density at radius 1 is 1.32 bits per heavy atom. The molecule has 0 heterocycles. The fourth-order valence-corrected chi connectivity index (χ4v) is 2.55. The summed E-state index contributed by atoms with van der Waals surface area (Å²) in [5, 5.41) is 0.127. The van der Waals surface area contributed by atoms with Crippen molar-refractivity contribution in [3.8, 4) is 0 Å². The summed E-state index contributed by atoms with van der Waals surface area (Å²) < 4.78 is 1.16. The lowest BCUT2D eigenvalue weighted by Crippen LogP contribution is -2.28. The lowest BCUT2D eigenvalue weighted by molar-refractivity contribution is 0.473. The van der Waals surface area contributed by atoms with Crippen molar-refractivity contribution in [3.63, 3.8) is 0 Å². The van der Waals surface area contributed by atoms with Gasteiger partial charge in [-0.1, -0.05) is 69.5 Å². The molecule has 4 heteroatoms. The molecule has 0 unspecified atom stereocenters. The van der Waals surface area contributed by atoms with E-state index in [4.69, 9.17) is 11.5 Å². The number of halogens is 2. The minimum atomic E-state index is 0.0779. The van der Waals surface area contributed by atoms with Gasteiger partial charge in [0.1, 0.15) is 0 Å². The normalized spacial score (nSPS) is 12.2. The molecule has 0 bridgehead atoms. The molecule has 19 heavy (non-hydrogen) atoms. The first-order valence-corrected chi connectivity index (χ1v) is 10.0. The summed E-state index contributed by atoms with van der Waals surface area (Å²) in [5.41, 5.74) is 0. The molecule has 0 aliphatic rings. The van der Waals surface area contributed by atoms with Crippen LogP contribution in [0.1, 0.15) is 60.3 Å². The molecule has 0 N–H and O–H groups in total. The minimum Gasteiger partial charge on any atom is -0.188 e.